The molecule has 1 aliphatic rings. The predicted octanol–water partition coefficient (Wildman–Crippen LogP) is 3.04. The van der Waals surface area contributed by atoms with Crippen molar-refractivity contribution < 1.29 is 23.1 Å². The van der Waals surface area contributed by atoms with Gasteiger partial charge in [-0.1, -0.05) is 18.2 Å². The molecule has 0 aliphatic carbocycles. The molecule has 0 bridgehead atoms. The van der Waals surface area contributed by atoms with Crippen LogP contribution in [0.4, 0.5) is 8.78 Å². The number of carbonyl (C=O) groups excluding carboxylic acids is 2. The first-order valence-corrected chi connectivity index (χ1v) is 6.62. The summed E-state index contributed by atoms with van der Waals surface area (Å²) in [4.78, 5) is 27.7. The van der Waals surface area contributed by atoms with Crippen LogP contribution < -0.4 is 0 Å². The highest BCUT2D eigenvalue weighted by molar-refractivity contribution is 6.15. The number of esters is 1. The molecule has 0 amide bonds. The van der Waals surface area contributed by atoms with Gasteiger partial charge in [0.05, 0.1) is 0 Å². The summed E-state index contributed by atoms with van der Waals surface area (Å²) in [5.74, 6) is -3.57. The molecule has 2 aromatic rings. The van der Waals surface area contributed by atoms with Gasteiger partial charge in [0.15, 0.2) is 23.1 Å². The van der Waals surface area contributed by atoms with Crippen molar-refractivity contribution in [3.8, 4) is 0 Å². The molecule has 6 heteroatoms. The normalized spacial score (nSPS) is 15.5. The molecule has 23 heavy (non-hydrogen) atoms. The predicted molar refractivity (Wildman–Crippen MR) is 77.8 cm³/mol. The lowest BCUT2D eigenvalue weighted by atomic mass is 10.1. The molecule has 1 aliphatic heterocycles. The third kappa shape index (κ3) is 3.06. The fourth-order valence-electron chi connectivity index (χ4n) is 1.97. The van der Waals surface area contributed by atoms with Crippen LogP contribution in [0.5, 0.6) is 0 Å². The van der Waals surface area contributed by atoms with E-state index in [-0.39, 0.29) is 17.2 Å². The van der Waals surface area contributed by atoms with Crippen molar-refractivity contribution in [2.75, 3.05) is 0 Å². The maximum atomic E-state index is 13.1. The third-order valence-corrected chi connectivity index (χ3v) is 3.11. The van der Waals surface area contributed by atoms with Gasteiger partial charge in [-0.05, 0) is 30.3 Å². The minimum atomic E-state index is -1.14. The Morgan fingerprint density at radius 2 is 1.78 bits per heavy atom. The van der Waals surface area contributed by atoms with Crippen molar-refractivity contribution in [3.05, 3.63) is 83.1 Å². The molecule has 3 rings (SSSR count). The Labute approximate surface area is 129 Å². The fourth-order valence-corrected chi connectivity index (χ4v) is 1.97. The Morgan fingerprint density at radius 1 is 1.04 bits per heavy atom. The summed E-state index contributed by atoms with van der Waals surface area (Å²) in [6.07, 6.45) is 0.935. The molecule has 2 aromatic carbocycles. The minimum Gasteiger partial charge on any atom is -0.402 e. The summed E-state index contributed by atoms with van der Waals surface area (Å²) < 4.78 is 31.0. The zero-order valence-corrected chi connectivity index (χ0v) is 11.6. The lowest BCUT2D eigenvalue weighted by Crippen LogP contribution is -2.06. The quantitative estimate of drug-likeness (QED) is 0.497. The average Bonchev–Trinajstić information content (AvgIpc) is 2.92. The number of hydrogen-bond donors (Lipinski definition) is 0. The Kier molecular flexibility index (Phi) is 3.80. The summed E-state index contributed by atoms with van der Waals surface area (Å²) in [5, 5.41) is 0. The van der Waals surface area contributed by atoms with E-state index in [0.29, 0.717) is 5.56 Å². The Balaban J connectivity index is 1.89. The maximum absolute atomic E-state index is 13.1. The minimum absolute atomic E-state index is 0.0833. The van der Waals surface area contributed by atoms with Gasteiger partial charge in [0.25, 0.3) is 0 Å². The number of nitrogens with zero attached hydrogens (tertiary/aromatic N) is 1. The highest BCUT2D eigenvalue weighted by Crippen LogP contribution is 2.17. The number of carbonyl (C=O) groups is 2. The highest BCUT2D eigenvalue weighted by atomic mass is 19.2. The van der Waals surface area contributed by atoms with Crippen LogP contribution in [0, 0.1) is 11.6 Å². The lowest BCUT2D eigenvalue weighted by molar-refractivity contribution is -0.130. The number of ketones is 1. The first kappa shape index (κ1) is 14.8. The van der Waals surface area contributed by atoms with Crippen LogP contribution in [0.25, 0.3) is 0 Å². The molecule has 0 atom stereocenters. The van der Waals surface area contributed by atoms with Crippen molar-refractivity contribution >= 4 is 17.7 Å². The van der Waals surface area contributed by atoms with Gasteiger partial charge < -0.3 is 4.74 Å². The molecule has 114 valence electrons. The SMILES string of the molecule is O=C1OC(c2ccccc2)=N/C1=C/C(=O)c1ccc(F)c(F)c1. The first-order valence-electron chi connectivity index (χ1n) is 6.62. The van der Waals surface area contributed by atoms with Crippen molar-refractivity contribution in [1.29, 1.82) is 0 Å². The van der Waals surface area contributed by atoms with Crippen LogP contribution in [-0.2, 0) is 9.53 Å². The van der Waals surface area contributed by atoms with Crippen molar-refractivity contribution in [1.82, 2.24) is 0 Å². The van der Waals surface area contributed by atoms with E-state index in [1.807, 2.05) is 0 Å². The smallest absolute Gasteiger partial charge is 0.363 e. The molecule has 1 heterocycles. The van der Waals surface area contributed by atoms with E-state index in [2.05, 4.69) is 4.99 Å². The van der Waals surface area contributed by atoms with E-state index >= 15 is 0 Å². The zero-order valence-electron chi connectivity index (χ0n) is 11.6. The molecule has 0 N–H and O–H groups in total. The molecule has 0 radical (unpaired) electrons. The number of cyclic esters (lactones) is 1. The second-order valence-corrected chi connectivity index (χ2v) is 4.70. The largest absolute Gasteiger partial charge is 0.402 e. The van der Waals surface area contributed by atoms with Crippen molar-refractivity contribution in [3.63, 3.8) is 0 Å². The molecular weight excluding hydrogens is 304 g/mol. The molecule has 0 fully saturated rings. The Morgan fingerprint density at radius 3 is 2.48 bits per heavy atom. The number of hydrogen-bond acceptors (Lipinski definition) is 4. The molecule has 0 spiro atoms. The number of benzene rings is 2. The van der Waals surface area contributed by atoms with Gasteiger partial charge in [-0.25, -0.2) is 18.6 Å². The van der Waals surface area contributed by atoms with Gasteiger partial charge in [0.2, 0.25) is 5.90 Å². The second-order valence-electron chi connectivity index (χ2n) is 4.70. The standard InChI is InChI=1S/C17H9F2NO3/c18-12-7-6-11(8-13(12)19)15(21)9-14-17(22)23-16(20-14)10-4-2-1-3-5-10/h1-9H/b14-9+. The van der Waals surface area contributed by atoms with Gasteiger partial charge in [0.1, 0.15) is 0 Å². The summed E-state index contributed by atoms with van der Waals surface area (Å²) in [6.45, 7) is 0. The molecule has 0 aromatic heterocycles. The van der Waals surface area contributed by atoms with Crippen LogP contribution >= 0.6 is 0 Å². The van der Waals surface area contributed by atoms with Crippen LogP contribution in [0.1, 0.15) is 15.9 Å². The average molecular weight is 313 g/mol. The Hall–Kier alpha value is -3.15. The topological polar surface area (TPSA) is 55.7 Å². The third-order valence-electron chi connectivity index (χ3n) is 3.11. The molecular formula is C17H9F2NO3. The first-order chi connectivity index (χ1) is 11.0. The highest BCUT2D eigenvalue weighted by Gasteiger charge is 2.25. The Bertz CT molecular complexity index is 857. The van der Waals surface area contributed by atoms with Gasteiger partial charge in [-0.3, -0.25) is 4.79 Å². The number of ether oxygens (including phenoxy) is 1. The summed E-state index contributed by atoms with van der Waals surface area (Å²) in [6, 6.07) is 11.4. The van der Waals surface area contributed by atoms with Crippen LogP contribution in [-0.4, -0.2) is 17.7 Å². The van der Waals surface area contributed by atoms with Crippen molar-refractivity contribution in [2.45, 2.75) is 0 Å². The monoisotopic (exact) mass is 313 g/mol. The van der Waals surface area contributed by atoms with Gasteiger partial charge >= 0.3 is 5.97 Å². The number of halogens is 2. The molecule has 4 nitrogen and oxygen atoms in total. The molecule has 0 saturated heterocycles. The zero-order chi connectivity index (χ0) is 16.4. The number of aliphatic imine (C=N–C) groups is 1. The summed E-state index contributed by atoms with van der Waals surface area (Å²) in [7, 11) is 0. The van der Waals surface area contributed by atoms with E-state index in [1.54, 1.807) is 30.3 Å². The lowest BCUT2D eigenvalue weighted by Gasteiger charge is -1.97. The molecule has 0 saturated carbocycles. The van der Waals surface area contributed by atoms with E-state index < -0.39 is 23.4 Å². The second kappa shape index (κ2) is 5.92. The number of allylic oxidation sites excluding steroid dienone is 1. The van der Waals surface area contributed by atoms with E-state index in [9.17, 15) is 18.4 Å². The maximum Gasteiger partial charge on any atom is 0.363 e. The van der Waals surface area contributed by atoms with E-state index in [1.165, 1.54) is 0 Å². The van der Waals surface area contributed by atoms with Crippen LogP contribution in [0.3, 0.4) is 0 Å². The van der Waals surface area contributed by atoms with E-state index in [4.69, 9.17) is 4.74 Å². The summed E-state index contributed by atoms with van der Waals surface area (Å²) >= 11 is 0. The van der Waals surface area contributed by atoms with Crippen LogP contribution in [0.15, 0.2) is 65.3 Å². The van der Waals surface area contributed by atoms with Gasteiger partial charge in [-0.2, -0.15) is 0 Å². The van der Waals surface area contributed by atoms with E-state index in [0.717, 1.165) is 24.3 Å². The van der Waals surface area contributed by atoms with Gasteiger partial charge in [-0.15, -0.1) is 0 Å². The fraction of sp³-hybridized carbons (Fsp3) is 0. The van der Waals surface area contributed by atoms with Crippen molar-refractivity contribution in [2.24, 2.45) is 4.99 Å². The van der Waals surface area contributed by atoms with Crippen LogP contribution in [0.2, 0.25) is 0 Å². The number of rotatable bonds is 3. The summed E-state index contributed by atoms with van der Waals surface area (Å²) in [5.41, 5.74) is 0.302. The molecule has 0 unspecified atom stereocenters. The van der Waals surface area contributed by atoms with Gasteiger partial charge in [0, 0.05) is 17.2 Å².